The molecule has 0 fully saturated rings. The van der Waals surface area contributed by atoms with Crippen molar-refractivity contribution in [2.75, 3.05) is 12.4 Å². The number of aliphatic hydroxyl groups excluding tert-OH is 1. The lowest BCUT2D eigenvalue weighted by atomic mass is 10.0. The van der Waals surface area contributed by atoms with Crippen molar-refractivity contribution < 1.29 is 38.4 Å². The number of aromatic hydroxyl groups is 1. The summed E-state index contributed by atoms with van der Waals surface area (Å²) in [5.74, 6) is -3.30. The number of carboxylic acids is 1. The number of phenolic OH excluding ortho intramolecular Hbond substituents is 1. The minimum absolute atomic E-state index is 0.119. The highest BCUT2D eigenvalue weighted by Crippen LogP contribution is 2.36. The number of carbonyl (C=O) groups is 2. The number of carbonyl (C=O) groups excluding carboxylic acids is 1. The summed E-state index contributed by atoms with van der Waals surface area (Å²) in [5.41, 5.74) is 1.06. The first-order chi connectivity index (χ1) is 17.2. The van der Waals surface area contributed by atoms with Gasteiger partial charge in [0, 0.05) is 22.4 Å². The number of amides is 1. The maximum atomic E-state index is 14.2. The zero-order valence-electron chi connectivity index (χ0n) is 18.5. The molecule has 1 amide bonds. The van der Waals surface area contributed by atoms with Gasteiger partial charge in [-0.25, -0.2) is 13.6 Å². The van der Waals surface area contributed by atoms with Crippen LogP contribution in [0.5, 0.6) is 11.5 Å². The molecule has 36 heavy (non-hydrogen) atoms. The number of hydrogen-bond donors (Lipinski definition) is 4. The van der Waals surface area contributed by atoms with Crippen molar-refractivity contribution in [3.8, 4) is 22.6 Å². The molecule has 3 aromatic rings. The van der Waals surface area contributed by atoms with Gasteiger partial charge in [-0.2, -0.15) is 4.99 Å². The van der Waals surface area contributed by atoms with Gasteiger partial charge < -0.3 is 25.4 Å². The van der Waals surface area contributed by atoms with E-state index in [9.17, 15) is 28.6 Å². The Hall–Kier alpha value is -4.22. The van der Waals surface area contributed by atoms with E-state index in [4.69, 9.17) is 9.84 Å². The van der Waals surface area contributed by atoms with E-state index in [1.165, 1.54) is 43.5 Å². The smallest absolute Gasteiger partial charge is 0.337 e. The van der Waals surface area contributed by atoms with Gasteiger partial charge in [-0.1, -0.05) is 12.1 Å². The van der Waals surface area contributed by atoms with Crippen LogP contribution in [0.3, 0.4) is 0 Å². The fourth-order valence-electron chi connectivity index (χ4n) is 3.43. The summed E-state index contributed by atoms with van der Waals surface area (Å²) >= 11 is 0.939. The maximum Gasteiger partial charge on any atom is 0.337 e. The van der Waals surface area contributed by atoms with Crippen LogP contribution in [0.2, 0.25) is 0 Å². The van der Waals surface area contributed by atoms with Crippen LogP contribution in [0.25, 0.3) is 17.2 Å². The summed E-state index contributed by atoms with van der Waals surface area (Å²) in [7, 11) is 1.45. The summed E-state index contributed by atoms with van der Waals surface area (Å²) in [5, 5.41) is 31.6. The van der Waals surface area contributed by atoms with Crippen LogP contribution < -0.4 is 10.1 Å². The van der Waals surface area contributed by atoms with Gasteiger partial charge in [-0.15, -0.1) is 0 Å². The highest BCUT2D eigenvalue weighted by atomic mass is 32.2. The summed E-state index contributed by atoms with van der Waals surface area (Å²) in [6, 6.07) is 12.0. The van der Waals surface area contributed by atoms with Crippen LogP contribution in [-0.4, -0.2) is 39.5 Å². The fourth-order valence-corrected chi connectivity index (χ4v) is 4.26. The molecule has 1 aliphatic heterocycles. The van der Waals surface area contributed by atoms with Crippen molar-refractivity contribution in [2.45, 2.75) is 6.10 Å². The molecule has 8 nitrogen and oxygen atoms in total. The third kappa shape index (κ3) is 5.21. The number of phenols is 1. The Morgan fingerprint density at radius 1 is 1.14 bits per heavy atom. The molecule has 0 saturated carbocycles. The largest absolute Gasteiger partial charge is 0.507 e. The van der Waals surface area contributed by atoms with Crippen molar-refractivity contribution in [1.82, 2.24) is 0 Å². The zero-order valence-corrected chi connectivity index (χ0v) is 19.3. The minimum Gasteiger partial charge on any atom is -0.507 e. The van der Waals surface area contributed by atoms with Gasteiger partial charge in [-0.05, 0) is 65.9 Å². The Morgan fingerprint density at radius 3 is 2.61 bits per heavy atom. The van der Waals surface area contributed by atoms with Crippen molar-refractivity contribution in [2.24, 2.45) is 4.99 Å². The van der Waals surface area contributed by atoms with E-state index in [1.54, 1.807) is 12.1 Å². The van der Waals surface area contributed by atoms with Gasteiger partial charge in [0.2, 0.25) is 0 Å². The Morgan fingerprint density at radius 2 is 1.92 bits per heavy atom. The van der Waals surface area contributed by atoms with Gasteiger partial charge >= 0.3 is 5.97 Å². The number of aliphatic carboxylic acids is 1. The number of nitrogens with zero attached hydrogens (tertiary/aromatic N) is 1. The predicted molar refractivity (Wildman–Crippen MR) is 131 cm³/mol. The molecule has 0 bridgehead atoms. The van der Waals surface area contributed by atoms with E-state index < -0.39 is 35.2 Å². The lowest BCUT2D eigenvalue weighted by molar-refractivity contribution is -0.147. The van der Waals surface area contributed by atoms with Crippen LogP contribution in [-0.2, 0) is 9.59 Å². The highest BCUT2D eigenvalue weighted by Gasteiger charge is 2.24. The number of aliphatic imine (C=N–C) groups is 1. The van der Waals surface area contributed by atoms with Crippen molar-refractivity contribution in [3.05, 3.63) is 82.3 Å². The molecule has 0 spiro atoms. The van der Waals surface area contributed by atoms with Gasteiger partial charge in [0.15, 0.2) is 11.3 Å². The Kier molecular flexibility index (Phi) is 7.04. The number of amidine groups is 1. The summed E-state index contributed by atoms with van der Waals surface area (Å²) in [4.78, 5) is 27.3. The molecular formula is C25H18F2N2O6S. The van der Waals surface area contributed by atoms with E-state index in [0.29, 0.717) is 16.9 Å². The molecule has 1 aliphatic rings. The molecule has 0 aromatic heterocycles. The highest BCUT2D eigenvalue weighted by molar-refractivity contribution is 8.18. The van der Waals surface area contributed by atoms with E-state index in [1.807, 2.05) is 0 Å². The molecule has 4 N–H and O–H groups in total. The van der Waals surface area contributed by atoms with E-state index in [2.05, 4.69) is 10.3 Å². The second-order valence-electron chi connectivity index (χ2n) is 7.55. The van der Waals surface area contributed by atoms with Crippen LogP contribution in [0.1, 0.15) is 17.2 Å². The molecule has 1 heterocycles. The van der Waals surface area contributed by atoms with Crippen molar-refractivity contribution >= 4 is 40.6 Å². The number of anilines is 1. The third-order valence-corrected chi connectivity index (χ3v) is 6.09. The third-order valence-electron chi connectivity index (χ3n) is 5.19. The van der Waals surface area contributed by atoms with Crippen LogP contribution in [0.15, 0.2) is 64.5 Å². The topological polar surface area (TPSA) is 128 Å². The number of methoxy groups -OCH3 is 1. The Labute approximate surface area is 207 Å². The second kappa shape index (κ2) is 10.2. The monoisotopic (exact) mass is 512 g/mol. The molecule has 1 atom stereocenters. The number of rotatable bonds is 6. The Balaban J connectivity index is 1.56. The van der Waals surface area contributed by atoms with E-state index in [0.717, 1.165) is 23.9 Å². The molecule has 0 radical (unpaired) electrons. The fraction of sp³-hybridized carbons (Fsp3) is 0.0800. The Bertz CT molecular complexity index is 1440. The number of carboxylic acid groups (broad SMARTS) is 1. The van der Waals surface area contributed by atoms with Gasteiger partial charge in [0.25, 0.3) is 5.91 Å². The SMILES string of the molecule is COc1ccc(F)cc1-c1ccc(O)c(/C=C2/SC(Nc3ccc(C(O)C(=O)O)c(F)c3)=NC2=O)c1. The zero-order chi connectivity index (χ0) is 26.0. The minimum atomic E-state index is -2.01. The number of benzene rings is 3. The molecule has 184 valence electrons. The quantitative estimate of drug-likeness (QED) is 0.354. The molecular weight excluding hydrogens is 494 g/mol. The van der Waals surface area contributed by atoms with Crippen molar-refractivity contribution in [3.63, 3.8) is 0 Å². The standard InChI is InChI=1S/C25H18F2N2O6S/c1-35-20-7-3-14(26)10-17(20)12-2-6-19(30)13(8-12)9-21-23(32)29-25(36-21)28-15-4-5-16(18(27)11-15)22(31)24(33)34/h2-11,22,30-31H,1H3,(H,33,34)(H,28,29,32)/b21-9+. The summed E-state index contributed by atoms with van der Waals surface area (Å²) < 4.78 is 33.3. The molecule has 11 heteroatoms. The van der Waals surface area contributed by atoms with E-state index >= 15 is 0 Å². The molecule has 1 unspecified atom stereocenters. The average molecular weight is 512 g/mol. The van der Waals surface area contributed by atoms with Gasteiger partial charge in [0.1, 0.15) is 23.1 Å². The summed E-state index contributed by atoms with van der Waals surface area (Å²) in [6.45, 7) is 0. The maximum absolute atomic E-state index is 14.2. The normalized spacial score (nSPS) is 15.1. The molecule has 0 saturated heterocycles. The van der Waals surface area contributed by atoms with Crippen LogP contribution in [0, 0.1) is 11.6 Å². The van der Waals surface area contributed by atoms with Gasteiger partial charge in [0.05, 0.1) is 12.0 Å². The molecule has 0 aliphatic carbocycles. The number of nitrogens with one attached hydrogen (secondary N) is 1. The molecule has 3 aromatic carbocycles. The first-order valence-corrected chi connectivity index (χ1v) is 11.1. The number of aliphatic hydroxyl groups is 1. The van der Waals surface area contributed by atoms with Crippen molar-refractivity contribution in [1.29, 1.82) is 0 Å². The lowest BCUT2D eigenvalue weighted by Crippen LogP contribution is -2.13. The predicted octanol–water partition coefficient (Wildman–Crippen LogP) is 4.55. The number of ether oxygens (including phenoxy) is 1. The number of thioether (sulfide) groups is 1. The summed E-state index contributed by atoms with van der Waals surface area (Å²) in [6.07, 6.45) is -0.591. The lowest BCUT2D eigenvalue weighted by Gasteiger charge is -2.11. The first kappa shape index (κ1) is 24.9. The molecule has 4 rings (SSSR count). The van der Waals surface area contributed by atoms with Crippen LogP contribution >= 0.6 is 11.8 Å². The number of hydrogen-bond acceptors (Lipinski definition) is 7. The number of halogens is 2. The van der Waals surface area contributed by atoms with E-state index in [-0.39, 0.29) is 27.1 Å². The van der Waals surface area contributed by atoms with Crippen LogP contribution in [0.4, 0.5) is 14.5 Å². The second-order valence-corrected chi connectivity index (χ2v) is 8.58. The first-order valence-electron chi connectivity index (χ1n) is 10.3. The average Bonchev–Trinajstić information content (AvgIpc) is 3.18. The van der Waals surface area contributed by atoms with Gasteiger partial charge in [-0.3, -0.25) is 4.79 Å².